The van der Waals surface area contributed by atoms with Gasteiger partial charge in [-0.1, -0.05) is 13.8 Å². The number of nitrogens with zero attached hydrogens (tertiary/aromatic N) is 1. The Labute approximate surface area is 179 Å². The fourth-order valence-corrected chi connectivity index (χ4v) is 3.56. The van der Waals surface area contributed by atoms with Crippen LogP contribution in [-0.4, -0.2) is 58.3 Å². The first-order chi connectivity index (χ1) is 13.9. The van der Waals surface area contributed by atoms with Crippen LogP contribution in [0, 0.1) is 5.92 Å². The Bertz CT molecular complexity index is 762. The summed E-state index contributed by atoms with van der Waals surface area (Å²) < 4.78 is 5.39. The Hall–Kier alpha value is -2.28. The van der Waals surface area contributed by atoms with Crippen LogP contribution in [0.4, 0.5) is 0 Å². The Morgan fingerprint density at radius 2 is 1.73 bits per heavy atom. The van der Waals surface area contributed by atoms with E-state index < -0.39 is 5.60 Å². The second kappa shape index (κ2) is 9.69. The zero-order chi connectivity index (χ0) is 22.6. The third-order valence-electron chi connectivity index (χ3n) is 5.37. The highest BCUT2D eigenvalue weighted by Crippen LogP contribution is 2.33. The van der Waals surface area contributed by atoms with Crippen LogP contribution in [0.3, 0.4) is 0 Å². The number of ether oxygens (including phenoxy) is 1. The fourth-order valence-electron chi connectivity index (χ4n) is 3.56. The smallest absolute Gasteiger partial charge is 0.323 e. The summed E-state index contributed by atoms with van der Waals surface area (Å²) >= 11 is 0. The first-order valence-corrected chi connectivity index (χ1v) is 10.7. The van der Waals surface area contributed by atoms with Gasteiger partial charge in [-0.25, -0.2) is 0 Å². The molecule has 7 nitrogen and oxygen atoms in total. The van der Waals surface area contributed by atoms with E-state index in [1.54, 1.807) is 17.9 Å². The van der Waals surface area contributed by atoms with Crippen LogP contribution in [-0.2, 0) is 9.53 Å². The molecule has 0 bridgehead atoms. The fraction of sp³-hybridized carbons (Fsp3) is 0.652. The van der Waals surface area contributed by atoms with E-state index in [4.69, 9.17) is 4.74 Å². The molecular formula is C23H36N2O5. The number of amides is 1. The number of rotatable bonds is 6. The molecule has 0 aliphatic carbocycles. The molecular weight excluding hydrogens is 384 g/mol. The molecule has 1 aliphatic rings. The maximum absolute atomic E-state index is 12.9. The standard InChI is InChI=1S/C23H36N2O5/c1-14(2)17-11-18(20(27)12-19(17)26)21(28)25-9-7-16(8-10-25)13-24-15(3)22(29)30-23(4,5)6/h11-12,14-16,24,26-27H,7-10,13H2,1-6H3/t15-/m0/s1. The van der Waals surface area contributed by atoms with E-state index in [-0.39, 0.29) is 40.9 Å². The van der Waals surface area contributed by atoms with Crippen LogP contribution in [0.5, 0.6) is 11.5 Å². The van der Waals surface area contributed by atoms with Crippen molar-refractivity contribution in [3.63, 3.8) is 0 Å². The third kappa shape index (κ3) is 6.36. The van der Waals surface area contributed by atoms with Crippen LogP contribution in [0.1, 0.15) is 76.2 Å². The van der Waals surface area contributed by atoms with E-state index >= 15 is 0 Å². The first-order valence-electron chi connectivity index (χ1n) is 10.7. The first kappa shape index (κ1) is 24.0. The van der Waals surface area contributed by atoms with Gasteiger partial charge in [0.05, 0.1) is 5.56 Å². The van der Waals surface area contributed by atoms with Crippen molar-refractivity contribution in [2.45, 2.75) is 71.9 Å². The number of esters is 1. The van der Waals surface area contributed by atoms with Crippen molar-refractivity contribution in [3.8, 4) is 11.5 Å². The van der Waals surface area contributed by atoms with Gasteiger partial charge in [-0.3, -0.25) is 9.59 Å². The lowest BCUT2D eigenvalue weighted by molar-refractivity contribution is -0.157. The summed E-state index contributed by atoms with van der Waals surface area (Å²) in [6.07, 6.45) is 1.63. The number of benzene rings is 1. The molecule has 0 radical (unpaired) electrons. The Kier molecular flexibility index (Phi) is 7.75. The van der Waals surface area contributed by atoms with Crippen LogP contribution < -0.4 is 5.32 Å². The van der Waals surface area contributed by atoms with E-state index in [9.17, 15) is 19.8 Å². The lowest BCUT2D eigenvalue weighted by atomic mass is 9.94. The van der Waals surface area contributed by atoms with Crippen LogP contribution >= 0.6 is 0 Å². The lowest BCUT2D eigenvalue weighted by Gasteiger charge is -2.33. The summed E-state index contributed by atoms with van der Waals surface area (Å²) in [6.45, 7) is 13.1. The largest absolute Gasteiger partial charge is 0.508 e. The zero-order valence-corrected chi connectivity index (χ0v) is 19.0. The topological polar surface area (TPSA) is 99.1 Å². The van der Waals surface area contributed by atoms with Gasteiger partial charge in [-0.2, -0.15) is 0 Å². The van der Waals surface area contributed by atoms with E-state index in [1.807, 2.05) is 34.6 Å². The average Bonchev–Trinajstić information content (AvgIpc) is 2.64. The zero-order valence-electron chi connectivity index (χ0n) is 19.0. The van der Waals surface area contributed by atoms with Crippen LogP contribution in [0.15, 0.2) is 12.1 Å². The number of hydrogen-bond donors (Lipinski definition) is 3. The van der Waals surface area contributed by atoms with Gasteiger partial charge in [0.25, 0.3) is 5.91 Å². The molecule has 1 heterocycles. The summed E-state index contributed by atoms with van der Waals surface area (Å²) in [6, 6.07) is 2.46. The van der Waals surface area contributed by atoms with Gasteiger partial charge in [-0.15, -0.1) is 0 Å². The van der Waals surface area contributed by atoms with Crippen molar-refractivity contribution in [2.24, 2.45) is 5.92 Å². The number of likely N-dealkylation sites (tertiary alicyclic amines) is 1. The van der Waals surface area contributed by atoms with Gasteiger partial charge in [0.15, 0.2) is 0 Å². The Balaban J connectivity index is 1.89. The van der Waals surface area contributed by atoms with Crippen molar-refractivity contribution >= 4 is 11.9 Å². The third-order valence-corrected chi connectivity index (χ3v) is 5.37. The quantitative estimate of drug-likeness (QED) is 0.610. The summed E-state index contributed by atoms with van der Waals surface area (Å²) in [4.78, 5) is 26.7. The highest BCUT2D eigenvalue weighted by molar-refractivity contribution is 5.97. The van der Waals surface area contributed by atoms with E-state index in [2.05, 4.69) is 5.32 Å². The SMILES string of the molecule is CC(C)c1cc(C(=O)N2CCC(CN[C@@H](C)C(=O)OC(C)(C)C)CC2)c(O)cc1O. The number of phenols is 2. The molecule has 1 atom stereocenters. The van der Waals surface area contributed by atoms with Crippen molar-refractivity contribution in [3.05, 3.63) is 23.3 Å². The molecule has 2 rings (SSSR count). The van der Waals surface area contributed by atoms with Gasteiger partial charge >= 0.3 is 5.97 Å². The summed E-state index contributed by atoms with van der Waals surface area (Å²) in [5, 5.41) is 23.4. The minimum Gasteiger partial charge on any atom is -0.508 e. The van der Waals surface area contributed by atoms with E-state index in [0.29, 0.717) is 31.1 Å². The van der Waals surface area contributed by atoms with Crippen molar-refractivity contribution < 1.29 is 24.5 Å². The molecule has 1 saturated heterocycles. The average molecular weight is 421 g/mol. The molecule has 1 amide bonds. The molecule has 0 unspecified atom stereocenters. The van der Waals surface area contributed by atoms with Gasteiger partial charge < -0.3 is 25.2 Å². The van der Waals surface area contributed by atoms with Crippen molar-refractivity contribution in [1.82, 2.24) is 10.2 Å². The molecule has 0 saturated carbocycles. The Morgan fingerprint density at radius 1 is 1.13 bits per heavy atom. The molecule has 0 spiro atoms. The van der Waals surface area contributed by atoms with Gasteiger partial charge in [-0.05, 0) is 70.5 Å². The van der Waals surface area contributed by atoms with Crippen LogP contribution in [0.25, 0.3) is 0 Å². The van der Waals surface area contributed by atoms with E-state index in [0.717, 1.165) is 12.8 Å². The molecule has 3 N–H and O–H groups in total. The highest BCUT2D eigenvalue weighted by atomic mass is 16.6. The number of aromatic hydroxyl groups is 2. The normalized spacial score (nSPS) is 16.6. The van der Waals surface area contributed by atoms with Crippen molar-refractivity contribution in [2.75, 3.05) is 19.6 Å². The summed E-state index contributed by atoms with van der Waals surface area (Å²) in [7, 11) is 0. The lowest BCUT2D eigenvalue weighted by Crippen LogP contribution is -2.44. The molecule has 1 fully saturated rings. The second-order valence-corrected chi connectivity index (χ2v) is 9.48. The number of carbonyl (C=O) groups excluding carboxylic acids is 2. The number of piperidine rings is 1. The minimum atomic E-state index is -0.506. The van der Waals surface area contributed by atoms with Crippen molar-refractivity contribution in [1.29, 1.82) is 0 Å². The molecule has 30 heavy (non-hydrogen) atoms. The van der Waals surface area contributed by atoms with Crippen LogP contribution in [0.2, 0.25) is 0 Å². The molecule has 7 heteroatoms. The molecule has 0 aromatic heterocycles. The number of phenolic OH excluding ortho intramolecular Hbond substituents is 2. The maximum atomic E-state index is 12.9. The number of nitrogens with one attached hydrogen (secondary N) is 1. The molecule has 1 aliphatic heterocycles. The molecule has 1 aromatic carbocycles. The number of carbonyl (C=O) groups is 2. The maximum Gasteiger partial charge on any atom is 0.323 e. The Morgan fingerprint density at radius 3 is 2.27 bits per heavy atom. The monoisotopic (exact) mass is 420 g/mol. The number of hydrogen-bond acceptors (Lipinski definition) is 6. The highest BCUT2D eigenvalue weighted by Gasteiger charge is 2.27. The predicted octanol–water partition coefficient (Wildman–Crippen LogP) is 3.39. The predicted molar refractivity (Wildman–Crippen MR) is 116 cm³/mol. The summed E-state index contributed by atoms with van der Waals surface area (Å²) in [5.41, 5.74) is 0.367. The van der Waals surface area contributed by atoms with Gasteiger partial charge in [0, 0.05) is 19.2 Å². The van der Waals surface area contributed by atoms with E-state index in [1.165, 1.54) is 6.07 Å². The van der Waals surface area contributed by atoms with Gasteiger partial charge in [0.2, 0.25) is 0 Å². The second-order valence-electron chi connectivity index (χ2n) is 9.48. The minimum absolute atomic E-state index is 0.00272. The van der Waals surface area contributed by atoms with Gasteiger partial charge in [0.1, 0.15) is 23.1 Å². The molecule has 1 aromatic rings. The molecule has 168 valence electrons. The summed E-state index contributed by atoms with van der Waals surface area (Å²) in [5.74, 6) is -0.277.